The summed E-state index contributed by atoms with van der Waals surface area (Å²) in [5, 5.41) is 6.02. The molecule has 1 aliphatic heterocycles. The highest BCUT2D eigenvalue weighted by Gasteiger charge is 2.31. The van der Waals surface area contributed by atoms with E-state index in [4.69, 9.17) is 4.74 Å². The lowest BCUT2D eigenvalue weighted by molar-refractivity contribution is -0.135. The molecule has 138 valence electrons. The van der Waals surface area contributed by atoms with Crippen molar-refractivity contribution in [2.24, 2.45) is 7.05 Å². The largest absolute Gasteiger partial charge is 0.452 e. The van der Waals surface area contributed by atoms with Gasteiger partial charge in [-0.2, -0.15) is 5.10 Å². The van der Waals surface area contributed by atoms with E-state index in [0.29, 0.717) is 17.8 Å². The van der Waals surface area contributed by atoms with Gasteiger partial charge in [0.1, 0.15) is 5.56 Å². The summed E-state index contributed by atoms with van der Waals surface area (Å²) in [4.78, 5) is 40.0. The number of carbonyl (C=O) groups excluding carboxylic acids is 2. The first-order valence-corrected chi connectivity index (χ1v) is 9.32. The van der Waals surface area contributed by atoms with Crippen molar-refractivity contribution in [1.29, 1.82) is 0 Å². The number of likely N-dealkylation sites (tertiary alicyclic amines) is 1. The maximum absolute atomic E-state index is 12.5. The van der Waals surface area contributed by atoms with E-state index in [9.17, 15) is 14.4 Å². The van der Waals surface area contributed by atoms with Gasteiger partial charge < -0.3 is 9.64 Å². The fraction of sp³-hybridized carbons (Fsp3) is 0.444. The Labute approximate surface area is 155 Å². The van der Waals surface area contributed by atoms with Crippen molar-refractivity contribution in [3.63, 3.8) is 0 Å². The van der Waals surface area contributed by atoms with E-state index in [1.165, 1.54) is 7.05 Å². The molecular weight excluding hydrogens is 354 g/mol. The topological polar surface area (TPSA) is 81.5 Å². The highest BCUT2D eigenvalue weighted by Crippen LogP contribution is 2.34. The number of nitrogens with zero attached hydrogens (tertiary/aromatic N) is 3. The predicted octanol–water partition coefficient (Wildman–Crippen LogP) is 1.98. The van der Waals surface area contributed by atoms with Gasteiger partial charge in [0.05, 0.1) is 11.7 Å². The van der Waals surface area contributed by atoms with Crippen molar-refractivity contribution >= 4 is 23.2 Å². The molecule has 1 unspecified atom stereocenters. The van der Waals surface area contributed by atoms with Crippen LogP contribution in [0.1, 0.15) is 45.4 Å². The van der Waals surface area contributed by atoms with Crippen LogP contribution in [0.4, 0.5) is 0 Å². The molecule has 0 N–H and O–H groups in total. The number of aromatic nitrogens is 2. The molecule has 0 radical (unpaired) electrons. The highest BCUT2D eigenvalue weighted by atomic mass is 32.1. The van der Waals surface area contributed by atoms with E-state index in [-0.39, 0.29) is 24.1 Å². The molecule has 1 fully saturated rings. The van der Waals surface area contributed by atoms with Crippen LogP contribution >= 0.6 is 11.3 Å². The van der Waals surface area contributed by atoms with Gasteiger partial charge in [-0.05, 0) is 43.7 Å². The lowest BCUT2D eigenvalue weighted by atomic mass is 10.1. The Morgan fingerprint density at radius 2 is 2.15 bits per heavy atom. The van der Waals surface area contributed by atoms with Crippen LogP contribution in [0.5, 0.6) is 0 Å². The second-order valence-electron chi connectivity index (χ2n) is 6.35. The molecule has 8 heteroatoms. The molecule has 1 amide bonds. The summed E-state index contributed by atoms with van der Waals surface area (Å²) in [6.07, 6.45) is 1.83. The molecule has 0 spiro atoms. The quantitative estimate of drug-likeness (QED) is 0.763. The SMILES string of the molecule is Cc1nn(C)c(=O)c(C(=O)OCC(=O)N2CCCC2c2cccs2)c1C. The van der Waals surface area contributed by atoms with Crippen LogP contribution in [0.2, 0.25) is 0 Å². The van der Waals surface area contributed by atoms with Crippen molar-refractivity contribution in [1.82, 2.24) is 14.7 Å². The monoisotopic (exact) mass is 375 g/mol. The summed E-state index contributed by atoms with van der Waals surface area (Å²) in [6.45, 7) is 3.64. The third-order valence-electron chi connectivity index (χ3n) is 4.70. The first kappa shape index (κ1) is 18.3. The number of rotatable bonds is 4. The molecule has 1 aliphatic rings. The first-order valence-electron chi connectivity index (χ1n) is 8.44. The van der Waals surface area contributed by atoms with Crippen LogP contribution in [-0.2, 0) is 16.6 Å². The molecule has 1 atom stereocenters. The van der Waals surface area contributed by atoms with Gasteiger partial charge in [-0.3, -0.25) is 9.59 Å². The molecule has 0 saturated carbocycles. The lowest BCUT2D eigenvalue weighted by Gasteiger charge is -2.23. The van der Waals surface area contributed by atoms with E-state index >= 15 is 0 Å². The number of amides is 1. The zero-order valence-corrected chi connectivity index (χ0v) is 15.8. The van der Waals surface area contributed by atoms with Gasteiger partial charge in [0.15, 0.2) is 6.61 Å². The fourth-order valence-corrected chi connectivity index (χ4v) is 4.09. The maximum atomic E-state index is 12.5. The van der Waals surface area contributed by atoms with E-state index in [0.717, 1.165) is 22.4 Å². The Bertz CT molecular complexity index is 889. The number of ether oxygens (including phenoxy) is 1. The second kappa shape index (κ2) is 7.41. The van der Waals surface area contributed by atoms with Crippen LogP contribution in [0, 0.1) is 13.8 Å². The predicted molar refractivity (Wildman–Crippen MR) is 97.2 cm³/mol. The van der Waals surface area contributed by atoms with E-state index in [1.807, 2.05) is 17.5 Å². The van der Waals surface area contributed by atoms with Gasteiger partial charge in [0.2, 0.25) is 0 Å². The zero-order valence-electron chi connectivity index (χ0n) is 15.0. The minimum atomic E-state index is -0.783. The summed E-state index contributed by atoms with van der Waals surface area (Å²) in [7, 11) is 1.48. The number of hydrogen-bond donors (Lipinski definition) is 0. The molecule has 0 bridgehead atoms. The van der Waals surface area contributed by atoms with Crippen LogP contribution in [0.25, 0.3) is 0 Å². The van der Waals surface area contributed by atoms with E-state index in [2.05, 4.69) is 5.10 Å². The lowest BCUT2D eigenvalue weighted by Crippen LogP contribution is -2.35. The number of carbonyl (C=O) groups is 2. The normalized spacial score (nSPS) is 16.7. The number of esters is 1. The standard InChI is InChI=1S/C18H21N3O4S/c1-11-12(2)19-20(3)17(23)16(11)18(24)25-10-15(22)21-8-4-6-13(21)14-7-5-9-26-14/h5,7,9,13H,4,6,8,10H2,1-3H3. The minimum absolute atomic E-state index is 0.0407. The number of hydrogen-bond acceptors (Lipinski definition) is 6. The molecule has 2 aromatic heterocycles. The van der Waals surface area contributed by atoms with Crippen LogP contribution in [-0.4, -0.2) is 39.7 Å². The molecule has 3 rings (SSSR count). The fourth-order valence-electron chi connectivity index (χ4n) is 3.21. The highest BCUT2D eigenvalue weighted by molar-refractivity contribution is 7.10. The minimum Gasteiger partial charge on any atom is -0.452 e. The summed E-state index contributed by atoms with van der Waals surface area (Å²) in [6, 6.07) is 4.02. The third-order valence-corrected chi connectivity index (χ3v) is 5.67. The molecule has 0 aliphatic carbocycles. The van der Waals surface area contributed by atoms with Gasteiger partial charge in [0.25, 0.3) is 11.5 Å². The molecule has 2 aromatic rings. The third kappa shape index (κ3) is 3.41. The smallest absolute Gasteiger partial charge is 0.344 e. The van der Waals surface area contributed by atoms with Crippen LogP contribution < -0.4 is 5.56 Å². The van der Waals surface area contributed by atoms with Crippen molar-refractivity contribution < 1.29 is 14.3 Å². The van der Waals surface area contributed by atoms with Gasteiger partial charge >= 0.3 is 5.97 Å². The summed E-state index contributed by atoms with van der Waals surface area (Å²) >= 11 is 1.62. The Hall–Kier alpha value is -2.48. The first-order chi connectivity index (χ1) is 12.4. The average molecular weight is 375 g/mol. The molecule has 1 saturated heterocycles. The maximum Gasteiger partial charge on any atom is 0.344 e. The Balaban J connectivity index is 1.70. The van der Waals surface area contributed by atoms with E-state index < -0.39 is 11.5 Å². The van der Waals surface area contributed by atoms with Crippen molar-refractivity contribution in [2.75, 3.05) is 13.2 Å². The second-order valence-corrected chi connectivity index (χ2v) is 7.33. The number of aryl methyl sites for hydroxylation is 2. The van der Waals surface area contributed by atoms with Gasteiger partial charge in [-0.15, -0.1) is 11.3 Å². The molecule has 3 heterocycles. The van der Waals surface area contributed by atoms with Crippen molar-refractivity contribution in [3.05, 3.63) is 49.6 Å². The molecule has 0 aromatic carbocycles. The van der Waals surface area contributed by atoms with Crippen molar-refractivity contribution in [3.8, 4) is 0 Å². The summed E-state index contributed by atoms with van der Waals surface area (Å²) < 4.78 is 6.28. The Morgan fingerprint density at radius 3 is 2.85 bits per heavy atom. The van der Waals surface area contributed by atoms with Gasteiger partial charge in [-0.25, -0.2) is 9.48 Å². The van der Waals surface area contributed by atoms with Gasteiger partial charge in [0, 0.05) is 18.5 Å². The Kier molecular flexibility index (Phi) is 5.22. The summed E-state index contributed by atoms with van der Waals surface area (Å²) in [5.41, 5.74) is 0.457. The molecular formula is C18H21N3O4S. The van der Waals surface area contributed by atoms with E-state index in [1.54, 1.807) is 30.1 Å². The van der Waals surface area contributed by atoms with Crippen LogP contribution in [0.3, 0.4) is 0 Å². The Morgan fingerprint density at radius 1 is 1.38 bits per heavy atom. The zero-order chi connectivity index (χ0) is 18.8. The van der Waals surface area contributed by atoms with Crippen molar-refractivity contribution in [2.45, 2.75) is 32.7 Å². The average Bonchev–Trinajstić information content (AvgIpc) is 3.28. The van der Waals surface area contributed by atoms with Crippen LogP contribution in [0.15, 0.2) is 22.3 Å². The summed E-state index contributed by atoms with van der Waals surface area (Å²) in [5.74, 6) is -1.02. The number of thiophene rings is 1. The molecule has 26 heavy (non-hydrogen) atoms. The van der Waals surface area contributed by atoms with Gasteiger partial charge in [-0.1, -0.05) is 6.07 Å². The molecule has 7 nitrogen and oxygen atoms in total.